The van der Waals surface area contributed by atoms with Crippen molar-refractivity contribution in [1.82, 2.24) is 0 Å². The van der Waals surface area contributed by atoms with Gasteiger partial charge < -0.3 is 14.6 Å². The molecule has 1 aliphatic carbocycles. The zero-order valence-corrected chi connectivity index (χ0v) is 12.4. The van der Waals surface area contributed by atoms with Crippen molar-refractivity contribution < 1.29 is 14.6 Å². The SMILES string of the molecule is COc1ccc(C2CCCC(O)C2)c(OC)c1Br. The highest BCUT2D eigenvalue weighted by Crippen LogP contribution is 2.44. The van der Waals surface area contributed by atoms with Gasteiger partial charge in [-0.3, -0.25) is 0 Å². The number of rotatable bonds is 3. The number of hydrogen-bond acceptors (Lipinski definition) is 3. The van der Waals surface area contributed by atoms with Gasteiger partial charge >= 0.3 is 0 Å². The lowest BCUT2D eigenvalue weighted by molar-refractivity contribution is 0.119. The quantitative estimate of drug-likeness (QED) is 0.928. The summed E-state index contributed by atoms with van der Waals surface area (Å²) in [7, 11) is 3.31. The van der Waals surface area contributed by atoms with Crippen molar-refractivity contribution in [3.05, 3.63) is 22.2 Å². The fourth-order valence-electron chi connectivity index (χ4n) is 2.69. The zero-order chi connectivity index (χ0) is 13.1. The van der Waals surface area contributed by atoms with Crippen LogP contribution >= 0.6 is 15.9 Å². The molecule has 0 saturated heterocycles. The molecule has 100 valence electrons. The molecule has 0 amide bonds. The fraction of sp³-hybridized carbons (Fsp3) is 0.571. The molecule has 0 heterocycles. The van der Waals surface area contributed by atoms with Gasteiger partial charge in [-0.25, -0.2) is 0 Å². The van der Waals surface area contributed by atoms with Gasteiger partial charge in [0.1, 0.15) is 16.0 Å². The van der Waals surface area contributed by atoms with Gasteiger partial charge in [-0.1, -0.05) is 12.5 Å². The Morgan fingerprint density at radius 2 is 2.00 bits per heavy atom. The number of ether oxygens (including phenoxy) is 2. The highest BCUT2D eigenvalue weighted by atomic mass is 79.9. The van der Waals surface area contributed by atoms with E-state index in [0.717, 1.165) is 47.2 Å². The van der Waals surface area contributed by atoms with Gasteiger partial charge in [0.25, 0.3) is 0 Å². The van der Waals surface area contributed by atoms with Crippen LogP contribution in [-0.4, -0.2) is 25.4 Å². The molecular weight excluding hydrogens is 296 g/mol. The van der Waals surface area contributed by atoms with Crippen LogP contribution in [-0.2, 0) is 0 Å². The highest BCUT2D eigenvalue weighted by Gasteiger charge is 2.25. The Morgan fingerprint density at radius 1 is 1.22 bits per heavy atom. The van der Waals surface area contributed by atoms with Crippen molar-refractivity contribution in [3.8, 4) is 11.5 Å². The van der Waals surface area contributed by atoms with Crippen molar-refractivity contribution >= 4 is 15.9 Å². The van der Waals surface area contributed by atoms with Crippen molar-refractivity contribution in [2.24, 2.45) is 0 Å². The van der Waals surface area contributed by atoms with Gasteiger partial charge in [0.15, 0.2) is 0 Å². The first-order valence-electron chi connectivity index (χ1n) is 6.25. The van der Waals surface area contributed by atoms with Crippen molar-refractivity contribution in [2.45, 2.75) is 37.7 Å². The van der Waals surface area contributed by atoms with Gasteiger partial charge in [-0.05, 0) is 52.7 Å². The fourth-order valence-corrected chi connectivity index (χ4v) is 3.37. The lowest BCUT2D eigenvalue weighted by atomic mass is 9.82. The van der Waals surface area contributed by atoms with Crippen LogP contribution in [0.1, 0.15) is 37.2 Å². The van der Waals surface area contributed by atoms with E-state index in [1.165, 1.54) is 0 Å². The summed E-state index contributed by atoms with van der Waals surface area (Å²) in [6.45, 7) is 0. The summed E-state index contributed by atoms with van der Waals surface area (Å²) in [4.78, 5) is 0. The van der Waals surface area contributed by atoms with Crippen LogP contribution in [0.2, 0.25) is 0 Å². The standard InChI is InChI=1S/C14H19BrO3/c1-17-12-7-6-11(14(18-2)13(12)15)9-4-3-5-10(16)8-9/h6-7,9-10,16H,3-5,8H2,1-2H3. The van der Waals surface area contributed by atoms with Gasteiger partial charge in [-0.2, -0.15) is 0 Å². The summed E-state index contributed by atoms with van der Waals surface area (Å²) in [5.74, 6) is 1.96. The minimum Gasteiger partial charge on any atom is -0.495 e. The van der Waals surface area contributed by atoms with E-state index in [2.05, 4.69) is 15.9 Å². The van der Waals surface area contributed by atoms with E-state index in [-0.39, 0.29) is 6.10 Å². The Balaban J connectivity index is 2.35. The Labute approximate surface area is 116 Å². The van der Waals surface area contributed by atoms with E-state index in [1.54, 1.807) is 14.2 Å². The van der Waals surface area contributed by atoms with Gasteiger partial charge in [0.05, 0.1) is 20.3 Å². The molecule has 1 N–H and O–H groups in total. The van der Waals surface area contributed by atoms with Crippen LogP contribution in [0.15, 0.2) is 16.6 Å². The molecule has 0 bridgehead atoms. The molecule has 2 unspecified atom stereocenters. The first kappa shape index (κ1) is 13.7. The average Bonchev–Trinajstić information content (AvgIpc) is 2.38. The Bertz CT molecular complexity index is 420. The maximum Gasteiger partial charge on any atom is 0.140 e. The third-order valence-corrected chi connectivity index (χ3v) is 4.35. The predicted molar refractivity (Wildman–Crippen MR) is 74.5 cm³/mol. The lowest BCUT2D eigenvalue weighted by Crippen LogP contribution is -2.18. The number of methoxy groups -OCH3 is 2. The monoisotopic (exact) mass is 314 g/mol. The topological polar surface area (TPSA) is 38.7 Å². The van der Waals surface area contributed by atoms with Gasteiger partial charge in [-0.15, -0.1) is 0 Å². The first-order chi connectivity index (χ1) is 8.67. The number of hydrogen-bond donors (Lipinski definition) is 1. The van der Waals surface area contributed by atoms with Crippen LogP contribution in [0.5, 0.6) is 11.5 Å². The third kappa shape index (κ3) is 2.64. The predicted octanol–water partition coefficient (Wildman–Crippen LogP) is 3.48. The second-order valence-electron chi connectivity index (χ2n) is 4.72. The molecule has 3 nitrogen and oxygen atoms in total. The molecule has 2 atom stereocenters. The summed E-state index contributed by atoms with van der Waals surface area (Å²) in [6.07, 6.45) is 3.71. The van der Waals surface area contributed by atoms with Crippen LogP contribution < -0.4 is 9.47 Å². The largest absolute Gasteiger partial charge is 0.495 e. The molecule has 2 rings (SSSR count). The number of aliphatic hydroxyl groups excluding tert-OH is 1. The van der Waals surface area contributed by atoms with Crippen LogP contribution in [0, 0.1) is 0 Å². The molecule has 1 fully saturated rings. The smallest absolute Gasteiger partial charge is 0.140 e. The molecule has 0 radical (unpaired) electrons. The molecule has 0 aliphatic heterocycles. The lowest BCUT2D eigenvalue weighted by Gasteiger charge is -2.28. The molecular formula is C14H19BrO3. The molecule has 1 saturated carbocycles. The van der Waals surface area contributed by atoms with Crippen LogP contribution in [0.25, 0.3) is 0 Å². The summed E-state index contributed by atoms with van der Waals surface area (Å²) in [6, 6.07) is 3.99. The molecule has 1 aliphatic rings. The zero-order valence-electron chi connectivity index (χ0n) is 10.8. The number of benzene rings is 1. The summed E-state index contributed by atoms with van der Waals surface area (Å²) < 4.78 is 11.6. The molecule has 1 aromatic carbocycles. The Kier molecular flexibility index (Phi) is 4.51. The molecule has 0 spiro atoms. The molecule has 0 aromatic heterocycles. The summed E-state index contributed by atoms with van der Waals surface area (Å²) in [5, 5.41) is 9.80. The van der Waals surface area contributed by atoms with Crippen molar-refractivity contribution in [2.75, 3.05) is 14.2 Å². The van der Waals surface area contributed by atoms with E-state index < -0.39 is 0 Å². The number of halogens is 1. The van der Waals surface area contributed by atoms with Crippen molar-refractivity contribution in [1.29, 1.82) is 0 Å². The van der Waals surface area contributed by atoms with E-state index in [4.69, 9.17) is 9.47 Å². The normalized spacial score (nSPS) is 23.8. The third-order valence-electron chi connectivity index (χ3n) is 3.60. The Hall–Kier alpha value is -0.740. The average molecular weight is 315 g/mol. The van der Waals surface area contributed by atoms with E-state index >= 15 is 0 Å². The van der Waals surface area contributed by atoms with E-state index in [9.17, 15) is 5.11 Å². The maximum atomic E-state index is 9.80. The summed E-state index contributed by atoms with van der Waals surface area (Å²) >= 11 is 3.52. The van der Waals surface area contributed by atoms with Crippen LogP contribution in [0.4, 0.5) is 0 Å². The second-order valence-corrected chi connectivity index (χ2v) is 5.51. The van der Waals surface area contributed by atoms with E-state index in [0.29, 0.717) is 5.92 Å². The first-order valence-corrected chi connectivity index (χ1v) is 7.05. The minimum atomic E-state index is -0.186. The van der Waals surface area contributed by atoms with E-state index in [1.807, 2.05) is 12.1 Å². The second kappa shape index (κ2) is 5.93. The van der Waals surface area contributed by atoms with Gasteiger partial charge in [0, 0.05) is 0 Å². The number of aliphatic hydroxyl groups is 1. The maximum absolute atomic E-state index is 9.80. The minimum absolute atomic E-state index is 0.186. The molecule has 4 heteroatoms. The Morgan fingerprint density at radius 3 is 2.61 bits per heavy atom. The molecule has 1 aromatic rings. The highest BCUT2D eigenvalue weighted by molar-refractivity contribution is 9.10. The van der Waals surface area contributed by atoms with Gasteiger partial charge in [0.2, 0.25) is 0 Å². The van der Waals surface area contributed by atoms with Crippen LogP contribution in [0.3, 0.4) is 0 Å². The van der Waals surface area contributed by atoms with Crippen molar-refractivity contribution in [3.63, 3.8) is 0 Å². The molecule has 18 heavy (non-hydrogen) atoms. The summed E-state index contributed by atoms with van der Waals surface area (Å²) in [5.41, 5.74) is 1.16.